The Morgan fingerprint density at radius 3 is 2.28 bits per heavy atom. The summed E-state index contributed by atoms with van der Waals surface area (Å²) in [5.74, 6) is 0.517. The van der Waals surface area contributed by atoms with Crippen molar-refractivity contribution in [3.8, 4) is 0 Å². The van der Waals surface area contributed by atoms with E-state index in [0.717, 1.165) is 13.0 Å². The molecule has 0 aromatic carbocycles. The summed E-state index contributed by atoms with van der Waals surface area (Å²) < 4.78 is 17.4. The molecule has 0 amide bonds. The van der Waals surface area contributed by atoms with Crippen molar-refractivity contribution >= 4 is 8.32 Å². The van der Waals surface area contributed by atoms with Gasteiger partial charge in [0.15, 0.2) is 8.32 Å². The molecule has 1 fully saturated rings. The molecule has 108 valence electrons. The van der Waals surface area contributed by atoms with Crippen molar-refractivity contribution in [3.63, 3.8) is 0 Å². The van der Waals surface area contributed by atoms with Crippen LogP contribution in [0.3, 0.4) is 0 Å². The highest BCUT2D eigenvalue weighted by molar-refractivity contribution is 6.74. The summed E-state index contributed by atoms with van der Waals surface area (Å²) in [6.45, 7) is 16.7. The smallest absolute Gasteiger partial charge is 0.195 e. The zero-order chi connectivity index (χ0) is 14.0. The molecule has 0 aromatic heterocycles. The van der Waals surface area contributed by atoms with E-state index in [-0.39, 0.29) is 5.04 Å². The molecule has 1 rings (SSSR count). The second-order valence-corrected chi connectivity index (χ2v) is 11.9. The van der Waals surface area contributed by atoms with Crippen LogP contribution in [0.5, 0.6) is 0 Å². The lowest BCUT2D eigenvalue weighted by Crippen LogP contribution is -2.41. The molecule has 1 heterocycles. The van der Waals surface area contributed by atoms with E-state index < -0.39 is 8.32 Å². The first kappa shape index (κ1) is 16.2. The minimum Gasteiger partial charge on any atom is -0.395 e. The maximum Gasteiger partial charge on any atom is 0.195 e. The summed E-state index contributed by atoms with van der Waals surface area (Å²) in [7, 11) is -1.67. The van der Waals surface area contributed by atoms with E-state index in [9.17, 15) is 0 Å². The molecule has 0 aromatic rings. The van der Waals surface area contributed by atoms with Crippen molar-refractivity contribution in [2.24, 2.45) is 5.92 Å². The second-order valence-electron chi connectivity index (χ2n) is 7.04. The lowest BCUT2D eigenvalue weighted by atomic mass is 10.0. The van der Waals surface area contributed by atoms with Crippen molar-refractivity contribution < 1.29 is 13.9 Å². The quantitative estimate of drug-likeness (QED) is 0.433. The van der Waals surface area contributed by atoms with Gasteiger partial charge in [0.2, 0.25) is 0 Å². The van der Waals surface area contributed by atoms with E-state index in [4.69, 9.17) is 13.9 Å². The van der Waals surface area contributed by atoms with E-state index >= 15 is 0 Å². The Labute approximate surface area is 113 Å². The van der Waals surface area contributed by atoms with Crippen LogP contribution in [-0.4, -0.2) is 33.9 Å². The van der Waals surface area contributed by atoms with Crippen LogP contribution in [0.2, 0.25) is 18.1 Å². The fraction of sp³-hybridized carbons (Fsp3) is 1.00. The molecule has 1 aliphatic rings. The largest absolute Gasteiger partial charge is 0.395 e. The molecule has 1 aliphatic heterocycles. The molecule has 0 radical (unpaired) electrons. The van der Waals surface area contributed by atoms with Gasteiger partial charge in [-0.05, 0) is 38.4 Å². The molecule has 3 nitrogen and oxygen atoms in total. The van der Waals surface area contributed by atoms with Crippen LogP contribution < -0.4 is 0 Å². The molecule has 0 bridgehead atoms. The van der Waals surface area contributed by atoms with E-state index in [1.165, 1.54) is 0 Å². The van der Waals surface area contributed by atoms with Gasteiger partial charge in [0.25, 0.3) is 0 Å². The zero-order valence-corrected chi connectivity index (χ0v) is 14.1. The van der Waals surface area contributed by atoms with Gasteiger partial charge in [-0.15, -0.1) is 0 Å². The monoisotopic (exact) mass is 274 g/mol. The maximum atomic E-state index is 5.99. The van der Waals surface area contributed by atoms with Gasteiger partial charge >= 0.3 is 0 Å². The highest BCUT2D eigenvalue weighted by Gasteiger charge is 2.37. The summed E-state index contributed by atoms with van der Waals surface area (Å²) in [6.07, 6.45) is 1.78. The van der Waals surface area contributed by atoms with Crippen molar-refractivity contribution in [2.45, 2.75) is 71.4 Å². The molecule has 2 unspecified atom stereocenters. The molecule has 0 saturated carbocycles. The van der Waals surface area contributed by atoms with Crippen molar-refractivity contribution in [1.29, 1.82) is 0 Å². The third-order valence-electron chi connectivity index (χ3n) is 4.39. The van der Waals surface area contributed by atoms with Crippen LogP contribution in [0, 0.1) is 5.92 Å². The summed E-state index contributed by atoms with van der Waals surface area (Å²) in [5.41, 5.74) is 0. The van der Waals surface area contributed by atoms with Gasteiger partial charge in [0.05, 0.1) is 18.8 Å². The highest BCUT2D eigenvalue weighted by Crippen LogP contribution is 2.36. The topological polar surface area (TPSA) is 27.7 Å². The molecule has 1 saturated heterocycles. The van der Waals surface area contributed by atoms with Gasteiger partial charge in [-0.3, -0.25) is 0 Å². The molecule has 18 heavy (non-hydrogen) atoms. The Hall–Kier alpha value is 0.0969. The Kier molecular flexibility index (Phi) is 5.41. The lowest BCUT2D eigenvalue weighted by Gasteiger charge is -2.36. The molecular weight excluding hydrogens is 244 g/mol. The number of hydrogen-bond acceptors (Lipinski definition) is 3. The van der Waals surface area contributed by atoms with Gasteiger partial charge in [-0.2, -0.15) is 0 Å². The number of rotatable bonds is 5. The average molecular weight is 274 g/mol. The standard InChI is InChI=1S/C14H30O3Si/c1-11-8-13(12(2)17-11)9-15-10-16-18(6,7)14(3,4)5/h11-13H,8-10H2,1-7H3/t11?,12?,13-/m0/s1. The first-order valence-electron chi connectivity index (χ1n) is 7.00. The van der Waals surface area contributed by atoms with Crippen LogP contribution >= 0.6 is 0 Å². The Morgan fingerprint density at radius 1 is 1.22 bits per heavy atom. The third-order valence-corrected chi connectivity index (χ3v) is 8.84. The summed E-state index contributed by atoms with van der Waals surface area (Å²) in [6, 6.07) is 0. The van der Waals surface area contributed by atoms with E-state index in [1.54, 1.807) is 0 Å². The molecular formula is C14H30O3Si. The van der Waals surface area contributed by atoms with Gasteiger partial charge in [0, 0.05) is 5.92 Å². The molecule has 0 aliphatic carbocycles. The molecule has 4 heteroatoms. The van der Waals surface area contributed by atoms with Crippen LogP contribution in [0.15, 0.2) is 0 Å². The molecule has 3 atom stereocenters. The van der Waals surface area contributed by atoms with Gasteiger partial charge < -0.3 is 13.9 Å². The zero-order valence-electron chi connectivity index (χ0n) is 13.1. The molecule has 0 N–H and O–H groups in total. The minimum atomic E-state index is -1.67. The second kappa shape index (κ2) is 6.03. The fourth-order valence-electron chi connectivity index (χ4n) is 1.96. The van der Waals surface area contributed by atoms with Crippen molar-refractivity contribution in [2.75, 3.05) is 13.4 Å². The Balaban J connectivity index is 2.23. The van der Waals surface area contributed by atoms with Crippen LogP contribution in [-0.2, 0) is 13.9 Å². The van der Waals surface area contributed by atoms with Gasteiger partial charge in [-0.1, -0.05) is 20.8 Å². The SMILES string of the molecule is CC1C[C@@H](COCO[Si](C)(C)C(C)(C)C)C(C)O1. The first-order valence-corrected chi connectivity index (χ1v) is 9.91. The van der Waals surface area contributed by atoms with Crippen molar-refractivity contribution in [1.82, 2.24) is 0 Å². The number of hydrogen-bond donors (Lipinski definition) is 0. The van der Waals surface area contributed by atoms with Gasteiger partial charge in [0.1, 0.15) is 6.79 Å². The fourth-order valence-corrected chi connectivity index (χ4v) is 2.77. The Morgan fingerprint density at radius 2 is 1.83 bits per heavy atom. The molecule has 0 spiro atoms. The van der Waals surface area contributed by atoms with Crippen LogP contribution in [0.4, 0.5) is 0 Å². The maximum absolute atomic E-state index is 5.99. The predicted molar refractivity (Wildman–Crippen MR) is 77.2 cm³/mol. The number of ether oxygens (including phenoxy) is 2. The van der Waals surface area contributed by atoms with Gasteiger partial charge in [-0.25, -0.2) is 0 Å². The van der Waals surface area contributed by atoms with E-state index in [2.05, 4.69) is 47.7 Å². The average Bonchev–Trinajstić information content (AvgIpc) is 2.50. The highest BCUT2D eigenvalue weighted by atomic mass is 28.4. The van der Waals surface area contributed by atoms with Crippen LogP contribution in [0.1, 0.15) is 41.0 Å². The van der Waals surface area contributed by atoms with E-state index in [1.807, 2.05) is 0 Å². The summed E-state index contributed by atoms with van der Waals surface area (Å²) in [5, 5.41) is 0.245. The third kappa shape index (κ3) is 4.33. The summed E-state index contributed by atoms with van der Waals surface area (Å²) in [4.78, 5) is 0. The lowest BCUT2D eigenvalue weighted by molar-refractivity contribution is -0.0235. The van der Waals surface area contributed by atoms with Crippen molar-refractivity contribution in [3.05, 3.63) is 0 Å². The van der Waals surface area contributed by atoms with Crippen LogP contribution in [0.25, 0.3) is 0 Å². The normalized spacial score (nSPS) is 29.8. The predicted octanol–water partition coefficient (Wildman–Crippen LogP) is 3.80. The Bertz CT molecular complexity index is 260. The van der Waals surface area contributed by atoms with E-state index in [0.29, 0.717) is 24.9 Å². The minimum absolute atomic E-state index is 0.245. The summed E-state index contributed by atoms with van der Waals surface area (Å²) >= 11 is 0. The first-order chi connectivity index (χ1) is 8.13.